The fourth-order valence-electron chi connectivity index (χ4n) is 4.78. The molecule has 9 nitrogen and oxygen atoms in total. The van der Waals surface area contributed by atoms with Crippen molar-refractivity contribution in [1.29, 1.82) is 0 Å². The second-order valence-electron chi connectivity index (χ2n) is 10.4. The summed E-state index contributed by atoms with van der Waals surface area (Å²) in [6.45, 7) is 8.13. The van der Waals surface area contributed by atoms with Crippen molar-refractivity contribution in [3.63, 3.8) is 0 Å². The molecule has 1 saturated heterocycles. The van der Waals surface area contributed by atoms with Gasteiger partial charge in [0.25, 0.3) is 5.91 Å². The van der Waals surface area contributed by atoms with E-state index in [2.05, 4.69) is 10.5 Å². The molecule has 0 saturated carbocycles. The molecule has 208 valence electrons. The number of carbonyl (C=O) groups excluding carboxylic acids is 3. The maximum Gasteiger partial charge on any atom is 0.329 e. The summed E-state index contributed by atoms with van der Waals surface area (Å²) in [6.07, 6.45) is 5.94. The highest BCUT2D eigenvalue weighted by molar-refractivity contribution is 5.95. The molecule has 5 unspecified atom stereocenters. The van der Waals surface area contributed by atoms with Crippen LogP contribution in [0.3, 0.4) is 0 Å². The van der Waals surface area contributed by atoms with Gasteiger partial charge >= 0.3 is 5.97 Å². The number of cyclic esters (lactones) is 1. The Kier molecular flexibility index (Phi) is 10.4. The number of carbonyl (C=O) groups is 3. The summed E-state index contributed by atoms with van der Waals surface area (Å²) in [5.74, 6) is -1.37. The quantitative estimate of drug-likeness (QED) is 0.533. The van der Waals surface area contributed by atoms with Gasteiger partial charge in [-0.25, -0.2) is 9.18 Å². The summed E-state index contributed by atoms with van der Waals surface area (Å²) in [6, 6.07) is 0.616. The van der Waals surface area contributed by atoms with E-state index in [1.807, 2.05) is 20.8 Å². The van der Waals surface area contributed by atoms with Crippen LogP contribution in [0.4, 0.5) is 4.39 Å². The molecule has 0 radical (unpaired) electrons. The molecule has 2 bridgehead atoms. The number of aliphatic hydroxyl groups is 1. The monoisotopic (exact) mass is 531 g/mol. The number of esters is 1. The third-order valence-corrected chi connectivity index (χ3v) is 6.69. The topological polar surface area (TPSA) is 122 Å². The van der Waals surface area contributed by atoms with Crippen LogP contribution in [0.15, 0.2) is 46.5 Å². The predicted molar refractivity (Wildman–Crippen MR) is 139 cm³/mol. The summed E-state index contributed by atoms with van der Waals surface area (Å²) < 4.78 is 25.7. The fraction of sp³-hybridized carbons (Fsp3) is 0.571. The summed E-state index contributed by atoms with van der Waals surface area (Å²) in [5.41, 5.74) is 0.713. The zero-order chi connectivity index (χ0) is 27.8. The van der Waals surface area contributed by atoms with Gasteiger partial charge < -0.3 is 24.6 Å². The number of halogens is 1. The van der Waals surface area contributed by atoms with Crippen molar-refractivity contribution in [1.82, 2.24) is 15.4 Å². The number of aliphatic hydroxyl groups excluding tert-OH is 1. The first-order chi connectivity index (χ1) is 18.0. The summed E-state index contributed by atoms with van der Waals surface area (Å²) in [4.78, 5) is 40.0. The van der Waals surface area contributed by atoms with Crippen LogP contribution in [0.1, 0.15) is 63.2 Å². The molecule has 5 atom stereocenters. The van der Waals surface area contributed by atoms with E-state index >= 15 is 0 Å². The Morgan fingerprint density at radius 1 is 1.24 bits per heavy atom. The van der Waals surface area contributed by atoms with Crippen molar-refractivity contribution < 1.29 is 33.1 Å². The average Bonchev–Trinajstić information content (AvgIpc) is 3.52. The van der Waals surface area contributed by atoms with Crippen LogP contribution in [0.2, 0.25) is 0 Å². The van der Waals surface area contributed by atoms with Crippen molar-refractivity contribution in [3.8, 4) is 0 Å². The Hall–Kier alpha value is -3.27. The lowest BCUT2D eigenvalue weighted by Gasteiger charge is -2.29. The van der Waals surface area contributed by atoms with Crippen LogP contribution in [0.5, 0.6) is 0 Å². The fourth-order valence-corrected chi connectivity index (χ4v) is 4.78. The maximum atomic E-state index is 14.6. The Balaban J connectivity index is 1.85. The molecular weight excluding hydrogens is 493 g/mol. The molecule has 2 aliphatic rings. The smallest absolute Gasteiger partial charge is 0.329 e. The minimum atomic E-state index is -1.42. The first kappa shape index (κ1) is 29.3. The van der Waals surface area contributed by atoms with Gasteiger partial charge in [-0.05, 0) is 31.8 Å². The van der Waals surface area contributed by atoms with Gasteiger partial charge in [-0.2, -0.15) is 0 Å². The average molecular weight is 532 g/mol. The second-order valence-corrected chi connectivity index (χ2v) is 10.4. The molecule has 2 amide bonds. The van der Waals surface area contributed by atoms with Crippen molar-refractivity contribution in [3.05, 3.63) is 53.5 Å². The highest BCUT2D eigenvalue weighted by atomic mass is 19.1. The van der Waals surface area contributed by atoms with E-state index in [-0.39, 0.29) is 48.6 Å². The molecule has 0 spiro atoms. The van der Waals surface area contributed by atoms with Crippen molar-refractivity contribution >= 4 is 17.8 Å². The van der Waals surface area contributed by atoms with E-state index < -0.39 is 36.3 Å². The first-order valence-corrected chi connectivity index (χ1v) is 13.1. The van der Waals surface area contributed by atoms with Gasteiger partial charge in [0.15, 0.2) is 5.69 Å². The summed E-state index contributed by atoms with van der Waals surface area (Å²) in [5, 5.41) is 16.8. The molecular formula is C28H38FN3O6. The molecule has 1 fully saturated rings. The number of allylic oxidation sites excluding steroid dienone is 2. The standard InChI is InChI=1S/C28H38FN3O6/c1-17(2)26-19(4)9-10-25(34)30-11-5-7-18(3)13-21(33)14-20(29)15-22-16-23(31-38-22)27(35)32-12-6-8-24(32)28(36)37-26/h5,7,9-10,13,16-17,19-21,24,26,33H,6,8,11-12,14-15H2,1-4H3,(H,30,34)/b7-5?,10-9+,18-13?. The van der Waals surface area contributed by atoms with Gasteiger partial charge in [-0.15, -0.1) is 0 Å². The SMILES string of the molecule is CC1=CC(O)CC(F)Cc2cc(no2)C(=O)N2CCCC2C(=O)OC(C(C)C)C(C)/C=C/C(=O)NCC=C1. The minimum Gasteiger partial charge on any atom is -0.460 e. The Labute approximate surface area is 222 Å². The number of amides is 2. The van der Waals surface area contributed by atoms with Gasteiger partial charge in [0.05, 0.1) is 6.10 Å². The van der Waals surface area contributed by atoms with Gasteiger partial charge in [0.2, 0.25) is 5.91 Å². The largest absolute Gasteiger partial charge is 0.460 e. The van der Waals surface area contributed by atoms with E-state index in [1.165, 1.54) is 23.1 Å². The van der Waals surface area contributed by atoms with Crippen molar-refractivity contribution in [2.75, 3.05) is 13.1 Å². The number of ether oxygens (including phenoxy) is 1. The van der Waals surface area contributed by atoms with Crippen LogP contribution < -0.4 is 5.32 Å². The second kappa shape index (κ2) is 13.5. The number of fused-ring (bicyclic) bond motifs is 3. The van der Waals surface area contributed by atoms with E-state index in [9.17, 15) is 23.9 Å². The molecule has 2 aliphatic heterocycles. The lowest BCUT2D eigenvalue weighted by molar-refractivity contribution is -0.158. The Morgan fingerprint density at radius 3 is 2.74 bits per heavy atom. The van der Waals surface area contributed by atoms with Crippen LogP contribution in [-0.2, 0) is 20.7 Å². The van der Waals surface area contributed by atoms with Crippen LogP contribution in [0, 0.1) is 11.8 Å². The van der Waals surface area contributed by atoms with E-state index in [1.54, 1.807) is 25.2 Å². The van der Waals surface area contributed by atoms with E-state index in [0.717, 1.165) is 5.57 Å². The maximum absolute atomic E-state index is 14.6. The number of hydrogen-bond donors (Lipinski definition) is 2. The van der Waals surface area contributed by atoms with Gasteiger partial charge in [0, 0.05) is 37.9 Å². The third-order valence-electron chi connectivity index (χ3n) is 6.69. The number of rotatable bonds is 1. The predicted octanol–water partition coefficient (Wildman–Crippen LogP) is 3.30. The normalized spacial score (nSPS) is 29.4. The molecule has 38 heavy (non-hydrogen) atoms. The molecule has 1 aromatic heterocycles. The Bertz CT molecular complexity index is 1080. The molecule has 10 heteroatoms. The van der Waals surface area contributed by atoms with Crippen molar-refractivity contribution in [2.24, 2.45) is 11.8 Å². The molecule has 3 heterocycles. The summed E-state index contributed by atoms with van der Waals surface area (Å²) >= 11 is 0. The van der Waals surface area contributed by atoms with E-state index in [0.29, 0.717) is 19.4 Å². The van der Waals surface area contributed by atoms with Crippen molar-refractivity contribution in [2.45, 2.75) is 77.8 Å². The third kappa shape index (κ3) is 8.11. The minimum absolute atomic E-state index is 0.00515. The van der Waals surface area contributed by atoms with Crippen LogP contribution >= 0.6 is 0 Å². The zero-order valence-corrected chi connectivity index (χ0v) is 22.4. The molecule has 3 rings (SSSR count). The number of nitrogens with zero attached hydrogens (tertiary/aromatic N) is 2. The lowest BCUT2D eigenvalue weighted by Crippen LogP contribution is -2.44. The Morgan fingerprint density at radius 2 is 2.00 bits per heavy atom. The lowest BCUT2D eigenvalue weighted by atomic mass is 9.94. The highest BCUT2D eigenvalue weighted by Crippen LogP contribution is 2.25. The number of hydrogen-bond acceptors (Lipinski definition) is 7. The van der Waals surface area contributed by atoms with Gasteiger partial charge in [-0.1, -0.05) is 55.8 Å². The van der Waals surface area contributed by atoms with Gasteiger partial charge in [-0.3, -0.25) is 9.59 Å². The van der Waals surface area contributed by atoms with Gasteiger partial charge in [0.1, 0.15) is 24.1 Å². The highest BCUT2D eigenvalue weighted by Gasteiger charge is 2.38. The molecule has 1 aromatic rings. The van der Waals surface area contributed by atoms with Crippen LogP contribution in [-0.4, -0.2) is 70.5 Å². The summed E-state index contributed by atoms with van der Waals surface area (Å²) in [7, 11) is 0. The zero-order valence-electron chi connectivity index (χ0n) is 22.4. The number of nitrogens with one attached hydrogen (secondary N) is 1. The molecule has 0 aliphatic carbocycles. The van der Waals surface area contributed by atoms with Crippen LogP contribution in [0.25, 0.3) is 0 Å². The first-order valence-electron chi connectivity index (χ1n) is 13.1. The number of alkyl halides is 1. The molecule has 2 N–H and O–H groups in total. The van der Waals surface area contributed by atoms with E-state index in [4.69, 9.17) is 9.26 Å². The molecule has 0 aromatic carbocycles. The number of aromatic nitrogens is 1.